The molecule has 5 nitrogen and oxygen atoms in total. The van der Waals surface area contributed by atoms with E-state index in [0.29, 0.717) is 10.8 Å². The number of halogens is 1. The highest BCUT2D eigenvalue weighted by atomic mass is 79.9. The molecule has 1 N–H and O–H groups in total. The Labute approximate surface area is 111 Å². The summed E-state index contributed by atoms with van der Waals surface area (Å²) >= 11 is 4.78. The van der Waals surface area contributed by atoms with Gasteiger partial charge in [-0.05, 0) is 40.7 Å². The Hall–Kier alpha value is -1.21. The summed E-state index contributed by atoms with van der Waals surface area (Å²) in [6.07, 6.45) is 0. The van der Waals surface area contributed by atoms with E-state index in [9.17, 15) is 4.79 Å². The molecule has 0 aliphatic heterocycles. The average Bonchev–Trinajstić information content (AvgIpc) is 2.73. The van der Waals surface area contributed by atoms with Crippen LogP contribution in [0.5, 0.6) is 0 Å². The number of hydrogen-bond acceptors (Lipinski definition) is 4. The van der Waals surface area contributed by atoms with Crippen LogP contribution in [-0.4, -0.2) is 20.7 Å². The number of aryl methyl sites for hydroxylation is 3. The summed E-state index contributed by atoms with van der Waals surface area (Å²) in [4.78, 5) is 16.7. The van der Waals surface area contributed by atoms with Crippen LogP contribution in [-0.2, 0) is 7.05 Å². The molecule has 7 heteroatoms. The first-order valence-corrected chi connectivity index (χ1v) is 6.59. The van der Waals surface area contributed by atoms with Gasteiger partial charge >= 0.3 is 0 Å². The second-order valence-electron chi connectivity index (χ2n) is 3.62. The molecule has 0 aliphatic carbocycles. The fourth-order valence-electron chi connectivity index (χ4n) is 1.26. The number of amides is 1. The standard InChI is InChI=1S/C10H11BrN4OS/c1-5-4-17-8(7(5)11)9(16)13-10-12-6(2)15(3)14-10/h4H,1-3H3,(H,13,14,16). The molecule has 0 saturated heterocycles. The molecule has 0 bridgehead atoms. The maximum atomic E-state index is 11.9. The molecule has 0 unspecified atom stereocenters. The van der Waals surface area contributed by atoms with Crippen LogP contribution in [0.25, 0.3) is 0 Å². The molecule has 0 saturated carbocycles. The number of hydrogen-bond donors (Lipinski definition) is 1. The van der Waals surface area contributed by atoms with Crippen molar-refractivity contribution >= 4 is 39.1 Å². The van der Waals surface area contributed by atoms with E-state index in [-0.39, 0.29) is 5.91 Å². The van der Waals surface area contributed by atoms with Gasteiger partial charge in [0.2, 0.25) is 5.95 Å². The van der Waals surface area contributed by atoms with Gasteiger partial charge < -0.3 is 0 Å². The van der Waals surface area contributed by atoms with Gasteiger partial charge in [-0.1, -0.05) is 0 Å². The zero-order valence-electron chi connectivity index (χ0n) is 9.61. The third-order valence-corrected chi connectivity index (χ3v) is 4.69. The fourth-order valence-corrected chi connectivity index (χ4v) is 2.82. The topological polar surface area (TPSA) is 59.8 Å². The number of nitrogens with one attached hydrogen (secondary N) is 1. The Morgan fingerprint density at radius 1 is 1.53 bits per heavy atom. The van der Waals surface area contributed by atoms with Gasteiger partial charge in [-0.15, -0.1) is 16.4 Å². The summed E-state index contributed by atoms with van der Waals surface area (Å²) in [5, 5.41) is 8.67. The maximum absolute atomic E-state index is 11.9. The van der Waals surface area contributed by atoms with Crippen LogP contribution >= 0.6 is 27.3 Å². The van der Waals surface area contributed by atoms with Gasteiger partial charge in [-0.3, -0.25) is 14.8 Å². The van der Waals surface area contributed by atoms with Crippen molar-refractivity contribution in [2.75, 3.05) is 5.32 Å². The number of carbonyl (C=O) groups is 1. The molecular weight excluding hydrogens is 304 g/mol. The van der Waals surface area contributed by atoms with E-state index in [1.165, 1.54) is 11.3 Å². The second-order valence-corrected chi connectivity index (χ2v) is 5.29. The molecule has 1 amide bonds. The Balaban J connectivity index is 2.20. The van der Waals surface area contributed by atoms with E-state index >= 15 is 0 Å². The lowest BCUT2D eigenvalue weighted by Gasteiger charge is -1.98. The molecule has 90 valence electrons. The highest BCUT2D eigenvalue weighted by Gasteiger charge is 2.16. The third-order valence-electron chi connectivity index (χ3n) is 2.31. The van der Waals surface area contributed by atoms with Crippen LogP contribution in [0.1, 0.15) is 21.1 Å². The molecule has 0 aliphatic rings. The fraction of sp³-hybridized carbons (Fsp3) is 0.300. The zero-order valence-corrected chi connectivity index (χ0v) is 12.0. The lowest BCUT2D eigenvalue weighted by molar-refractivity contribution is 0.102. The lowest BCUT2D eigenvalue weighted by Crippen LogP contribution is -2.12. The molecule has 17 heavy (non-hydrogen) atoms. The number of anilines is 1. The first-order valence-electron chi connectivity index (χ1n) is 4.91. The third kappa shape index (κ3) is 2.39. The summed E-state index contributed by atoms with van der Waals surface area (Å²) < 4.78 is 2.44. The smallest absolute Gasteiger partial charge is 0.269 e. The first kappa shape index (κ1) is 12.3. The SMILES string of the molecule is Cc1csc(C(=O)Nc2nc(C)n(C)n2)c1Br. The molecule has 0 spiro atoms. The van der Waals surface area contributed by atoms with Crippen LogP contribution < -0.4 is 5.32 Å². The number of rotatable bonds is 2. The minimum Gasteiger partial charge on any atom is -0.288 e. The minimum atomic E-state index is -0.194. The van der Waals surface area contributed by atoms with Crippen molar-refractivity contribution < 1.29 is 4.79 Å². The predicted molar refractivity (Wildman–Crippen MR) is 70.4 cm³/mol. The van der Waals surface area contributed by atoms with Gasteiger partial charge in [-0.2, -0.15) is 4.98 Å². The van der Waals surface area contributed by atoms with Crippen LogP contribution in [0.3, 0.4) is 0 Å². The molecule has 2 aromatic rings. The molecule has 0 radical (unpaired) electrons. The number of thiophene rings is 1. The predicted octanol–water partition coefficient (Wildman–Crippen LogP) is 2.51. The van der Waals surface area contributed by atoms with Crippen LogP contribution in [0, 0.1) is 13.8 Å². The summed E-state index contributed by atoms with van der Waals surface area (Å²) in [6, 6.07) is 0. The van der Waals surface area contributed by atoms with E-state index in [1.807, 2.05) is 19.2 Å². The van der Waals surface area contributed by atoms with Crippen molar-refractivity contribution in [2.24, 2.45) is 7.05 Å². The number of nitrogens with zero attached hydrogens (tertiary/aromatic N) is 3. The van der Waals surface area contributed by atoms with E-state index in [4.69, 9.17) is 0 Å². The monoisotopic (exact) mass is 314 g/mol. The van der Waals surface area contributed by atoms with E-state index in [0.717, 1.165) is 15.9 Å². The van der Waals surface area contributed by atoms with E-state index in [2.05, 4.69) is 31.3 Å². The number of aromatic nitrogens is 3. The highest BCUT2D eigenvalue weighted by molar-refractivity contribution is 9.10. The molecule has 2 aromatic heterocycles. The summed E-state index contributed by atoms with van der Waals surface area (Å²) in [5.41, 5.74) is 1.05. The molecule has 0 atom stereocenters. The van der Waals surface area contributed by atoms with Crippen LogP contribution in [0.15, 0.2) is 9.85 Å². The largest absolute Gasteiger partial charge is 0.288 e. The second kappa shape index (κ2) is 4.58. The van der Waals surface area contributed by atoms with Gasteiger partial charge in [-0.25, -0.2) is 0 Å². The van der Waals surface area contributed by atoms with Gasteiger partial charge in [0.15, 0.2) is 0 Å². The maximum Gasteiger partial charge on any atom is 0.269 e. The first-order chi connectivity index (χ1) is 7.99. The van der Waals surface area contributed by atoms with Crippen LogP contribution in [0.4, 0.5) is 5.95 Å². The van der Waals surface area contributed by atoms with Crippen molar-refractivity contribution in [1.82, 2.24) is 14.8 Å². The summed E-state index contributed by atoms with van der Waals surface area (Å²) in [7, 11) is 1.78. The molecule has 0 aromatic carbocycles. The van der Waals surface area contributed by atoms with Crippen molar-refractivity contribution in [3.05, 3.63) is 26.1 Å². The Morgan fingerprint density at radius 3 is 2.71 bits per heavy atom. The van der Waals surface area contributed by atoms with Crippen LogP contribution in [0.2, 0.25) is 0 Å². The Kier molecular flexibility index (Phi) is 3.30. The van der Waals surface area contributed by atoms with Crippen molar-refractivity contribution in [2.45, 2.75) is 13.8 Å². The highest BCUT2D eigenvalue weighted by Crippen LogP contribution is 2.28. The van der Waals surface area contributed by atoms with E-state index < -0.39 is 0 Å². The Morgan fingerprint density at radius 2 is 2.24 bits per heavy atom. The quantitative estimate of drug-likeness (QED) is 0.926. The molecule has 0 fully saturated rings. The summed E-state index contributed by atoms with van der Waals surface area (Å²) in [6.45, 7) is 3.77. The van der Waals surface area contributed by atoms with Crippen molar-refractivity contribution in [3.63, 3.8) is 0 Å². The average molecular weight is 315 g/mol. The molecular formula is C10H11BrN4OS. The molecule has 2 rings (SSSR count). The summed E-state index contributed by atoms with van der Waals surface area (Å²) in [5.74, 6) is 0.884. The molecule has 2 heterocycles. The van der Waals surface area contributed by atoms with Gasteiger partial charge in [0, 0.05) is 11.5 Å². The van der Waals surface area contributed by atoms with Crippen molar-refractivity contribution in [3.8, 4) is 0 Å². The van der Waals surface area contributed by atoms with Gasteiger partial charge in [0.05, 0.1) is 0 Å². The van der Waals surface area contributed by atoms with Gasteiger partial charge in [0.1, 0.15) is 10.7 Å². The van der Waals surface area contributed by atoms with Gasteiger partial charge in [0.25, 0.3) is 5.91 Å². The number of carbonyl (C=O) groups excluding carboxylic acids is 1. The lowest BCUT2D eigenvalue weighted by atomic mass is 10.3. The van der Waals surface area contributed by atoms with Crippen molar-refractivity contribution in [1.29, 1.82) is 0 Å². The zero-order chi connectivity index (χ0) is 12.6. The van der Waals surface area contributed by atoms with E-state index in [1.54, 1.807) is 11.7 Å². The Bertz CT molecular complexity index is 555. The normalized spacial score (nSPS) is 10.6. The minimum absolute atomic E-state index is 0.194.